The zero-order valence-electron chi connectivity index (χ0n) is 10.9. The van der Waals surface area contributed by atoms with Crippen LogP contribution < -0.4 is 10.5 Å². The first kappa shape index (κ1) is 18.8. The van der Waals surface area contributed by atoms with Gasteiger partial charge in [0.1, 0.15) is 17.3 Å². The van der Waals surface area contributed by atoms with Crippen LogP contribution in [0.15, 0.2) is 41.3 Å². The summed E-state index contributed by atoms with van der Waals surface area (Å²) in [6.07, 6.45) is 0. The highest BCUT2D eigenvalue weighted by atomic mass is 35.5. The van der Waals surface area contributed by atoms with Crippen LogP contribution in [0.25, 0.3) is 0 Å². The van der Waals surface area contributed by atoms with E-state index in [1.165, 1.54) is 12.1 Å². The first-order chi connectivity index (χ1) is 9.77. The average Bonchev–Trinajstić information content (AvgIpc) is 2.36. The van der Waals surface area contributed by atoms with Crippen molar-refractivity contribution in [2.45, 2.75) is 11.5 Å². The van der Waals surface area contributed by atoms with Crippen molar-refractivity contribution in [3.05, 3.63) is 52.0 Å². The number of hydrogen-bond donors (Lipinski definition) is 1. The van der Waals surface area contributed by atoms with Crippen molar-refractivity contribution in [3.8, 4) is 5.75 Å². The fraction of sp³-hybridized carbons (Fsp3) is 0.0769. The molecule has 120 valence electrons. The van der Waals surface area contributed by atoms with E-state index in [1.54, 1.807) is 18.2 Å². The van der Waals surface area contributed by atoms with E-state index in [4.69, 9.17) is 33.7 Å². The van der Waals surface area contributed by atoms with Gasteiger partial charge < -0.3 is 10.5 Å². The van der Waals surface area contributed by atoms with Gasteiger partial charge in [0.15, 0.2) is 0 Å². The van der Waals surface area contributed by atoms with E-state index in [0.29, 0.717) is 22.0 Å². The summed E-state index contributed by atoms with van der Waals surface area (Å²) in [5.74, 6) is 0.421. The molecule has 0 bridgehead atoms. The fourth-order valence-electron chi connectivity index (χ4n) is 1.63. The molecule has 2 N–H and O–H groups in total. The van der Waals surface area contributed by atoms with Gasteiger partial charge in [-0.15, -0.1) is 16.3 Å². The quantitative estimate of drug-likeness (QED) is 0.630. The zero-order chi connectivity index (χ0) is 15.6. The Morgan fingerprint density at radius 1 is 1.09 bits per heavy atom. The van der Waals surface area contributed by atoms with Gasteiger partial charge in [-0.25, -0.2) is 0 Å². The van der Waals surface area contributed by atoms with Crippen LogP contribution in [0.2, 0.25) is 10.0 Å². The molecule has 0 aliphatic rings. The Labute approximate surface area is 143 Å². The molecule has 0 amide bonds. The van der Waals surface area contributed by atoms with Gasteiger partial charge in [-0.05, 0) is 35.9 Å². The van der Waals surface area contributed by atoms with Crippen LogP contribution in [-0.2, 0) is 16.8 Å². The number of nitrogens with two attached hydrogens (primary N) is 1. The second kappa shape index (κ2) is 7.37. The minimum atomic E-state index is -4.84. The van der Waals surface area contributed by atoms with Crippen molar-refractivity contribution < 1.29 is 17.0 Å². The third-order valence-corrected chi connectivity index (χ3v) is 4.21. The average molecular weight is 387 g/mol. The van der Waals surface area contributed by atoms with Gasteiger partial charge in [-0.3, -0.25) is 0 Å². The molecular weight excluding hydrogens is 376 g/mol. The van der Waals surface area contributed by atoms with E-state index in [-0.39, 0.29) is 24.0 Å². The lowest BCUT2D eigenvalue weighted by atomic mass is 10.2. The van der Waals surface area contributed by atoms with E-state index in [0.717, 1.165) is 6.07 Å². The predicted molar refractivity (Wildman–Crippen MR) is 87.2 cm³/mol. The van der Waals surface area contributed by atoms with E-state index in [9.17, 15) is 12.3 Å². The zero-order valence-corrected chi connectivity index (χ0v) is 14.1. The number of benzene rings is 2. The van der Waals surface area contributed by atoms with Gasteiger partial charge in [-0.1, -0.05) is 29.3 Å². The van der Waals surface area contributed by atoms with Gasteiger partial charge in [-0.2, -0.15) is 8.42 Å². The van der Waals surface area contributed by atoms with Crippen LogP contribution in [0.3, 0.4) is 0 Å². The van der Waals surface area contributed by atoms with Crippen LogP contribution in [0.4, 0.5) is 9.57 Å². The van der Waals surface area contributed by atoms with E-state index < -0.39 is 15.1 Å². The van der Waals surface area contributed by atoms with E-state index in [2.05, 4.69) is 0 Å². The van der Waals surface area contributed by atoms with Gasteiger partial charge in [0, 0.05) is 5.69 Å². The second-order valence-corrected chi connectivity index (χ2v) is 6.31. The van der Waals surface area contributed by atoms with Crippen LogP contribution in [-0.4, -0.2) is 8.42 Å². The third kappa shape index (κ3) is 4.64. The summed E-state index contributed by atoms with van der Waals surface area (Å²) < 4.78 is 40.0. The van der Waals surface area contributed by atoms with Crippen molar-refractivity contribution in [3.63, 3.8) is 0 Å². The molecule has 0 aromatic heterocycles. The summed E-state index contributed by atoms with van der Waals surface area (Å²) >= 11 is 11.7. The maximum atomic E-state index is 12.9. The lowest BCUT2D eigenvalue weighted by molar-refractivity contribution is 0.306. The lowest BCUT2D eigenvalue weighted by Gasteiger charge is -2.09. The Morgan fingerprint density at radius 3 is 2.32 bits per heavy atom. The Balaban J connectivity index is 0.00000242. The number of anilines is 1. The van der Waals surface area contributed by atoms with E-state index in [1.807, 2.05) is 0 Å². The molecule has 0 aliphatic carbocycles. The number of hydrogen-bond acceptors (Lipinski definition) is 4. The SMILES string of the molecule is Cl.Nc1ccc(OCc2ccc(S(=O)(=O)F)c(Cl)c2)c(Cl)c1. The molecule has 0 atom stereocenters. The molecule has 22 heavy (non-hydrogen) atoms. The molecule has 0 radical (unpaired) electrons. The molecule has 0 spiro atoms. The normalized spacial score (nSPS) is 10.9. The van der Waals surface area contributed by atoms with Gasteiger partial charge >= 0.3 is 10.2 Å². The molecule has 0 saturated carbocycles. The Kier molecular flexibility index (Phi) is 6.31. The highest BCUT2D eigenvalue weighted by Gasteiger charge is 2.16. The molecule has 0 unspecified atom stereocenters. The molecule has 2 rings (SSSR count). The van der Waals surface area contributed by atoms with Crippen molar-refractivity contribution >= 4 is 51.5 Å². The van der Waals surface area contributed by atoms with Gasteiger partial charge in [0.25, 0.3) is 0 Å². The largest absolute Gasteiger partial charge is 0.487 e. The maximum absolute atomic E-state index is 12.9. The summed E-state index contributed by atoms with van der Waals surface area (Å²) in [5.41, 5.74) is 6.64. The summed E-state index contributed by atoms with van der Waals surface area (Å²) in [5, 5.41) is 0.144. The summed E-state index contributed by atoms with van der Waals surface area (Å²) in [7, 11) is -4.84. The second-order valence-electron chi connectivity index (χ2n) is 4.18. The molecule has 9 heteroatoms. The van der Waals surface area contributed by atoms with Crippen LogP contribution >= 0.6 is 35.6 Å². The molecule has 0 fully saturated rings. The van der Waals surface area contributed by atoms with Crippen LogP contribution in [0.5, 0.6) is 5.75 Å². The first-order valence-electron chi connectivity index (χ1n) is 5.68. The number of nitrogen functional groups attached to an aromatic ring is 1. The number of halogens is 4. The van der Waals surface area contributed by atoms with Crippen molar-refractivity contribution in [2.75, 3.05) is 5.73 Å². The smallest absolute Gasteiger partial charge is 0.333 e. The monoisotopic (exact) mass is 385 g/mol. The van der Waals surface area contributed by atoms with Crippen molar-refractivity contribution in [2.24, 2.45) is 0 Å². The summed E-state index contributed by atoms with van der Waals surface area (Å²) in [6.45, 7) is 0.0932. The summed E-state index contributed by atoms with van der Waals surface area (Å²) in [6, 6.07) is 8.60. The first-order valence-corrected chi connectivity index (χ1v) is 7.82. The summed E-state index contributed by atoms with van der Waals surface area (Å²) in [4.78, 5) is -0.571. The molecule has 4 nitrogen and oxygen atoms in total. The maximum Gasteiger partial charge on any atom is 0.333 e. The highest BCUT2D eigenvalue weighted by molar-refractivity contribution is 7.86. The molecule has 2 aromatic carbocycles. The van der Waals surface area contributed by atoms with Crippen molar-refractivity contribution in [1.82, 2.24) is 0 Å². The number of rotatable bonds is 4. The predicted octanol–water partition coefficient (Wildman–Crippen LogP) is 4.23. The fourth-order valence-corrected chi connectivity index (χ4v) is 2.87. The third-order valence-electron chi connectivity index (χ3n) is 2.61. The lowest BCUT2D eigenvalue weighted by Crippen LogP contribution is -1.99. The van der Waals surface area contributed by atoms with Crippen molar-refractivity contribution in [1.29, 1.82) is 0 Å². The minimum Gasteiger partial charge on any atom is -0.487 e. The number of ether oxygens (including phenoxy) is 1. The molecule has 2 aromatic rings. The van der Waals surface area contributed by atoms with Gasteiger partial charge in [0.05, 0.1) is 10.0 Å². The van der Waals surface area contributed by atoms with Crippen LogP contribution in [0.1, 0.15) is 5.56 Å². The Hall–Kier alpha value is -1.21. The van der Waals surface area contributed by atoms with Gasteiger partial charge in [0.2, 0.25) is 0 Å². The van der Waals surface area contributed by atoms with E-state index >= 15 is 0 Å². The topological polar surface area (TPSA) is 69.4 Å². The standard InChI is InChI=1S/C13H10Cl2FNO3S.ClH/c14-10-6-9(17)2-3-12(10)20-7-8-1-4-13(11(15)5-8)21(16,18)19;/h1-6H,7,17H2;1H. The highest BCUT2D eigenvalue weighted by Crippen LogP contribution is 2.28. The molecular formula is C13H11Cl3FNO3S. The van der Waals surface area contributed by atoms with Crippen LogP contribution in [0, 0.1) is 0 Å². The minimum absolute atomic E-state index is 0. The molecule has 0 heterocycles. The molecule has 0 saturated heterocycles. The molecule has 0 aliphatic heterocycles. The Morgan fingerprint density at radius 2 is 1.77 bits per heavy atom. The Bertz CT molecular complexity index is 784.